The molecule has 0 aliphatic rings. The van der Waals surface area contributed by atoms with Gasteiger partial charge in [-0.15, -0.1) is 0 Å². The Morgan fingerprint density at radius 1 is 1.44 bits per heavy atom. The minimum atomic E-state index is -0.0269. The molecule has 0 saturated heterocycles. The first kappa shape index (κ1) is 10.8. The van der Waals surface area contributed by atoms with Crippen LogP contribution in [-0.4, -0.2) is 21.8 Å². The summed E-state index contributed by atoms with van der Waals surface area (Å²) in [6.07, 6.45) is 0. The van der Waals surface area contributed by atoms with Gasteiger partial charge in [-0.1, -0.05) is 18.2 Å². The highest BCUT2D eigenvalue weighted by Crippen LogP contribution is 2.14. The number of aryl methyl sites for hydroxylation is 1. The first-order chi connectivity index (χ1) is 7.59. The third kappa shape index (κ3) is 1.82. The van der Waals surface area contributed by atoms with Crippen LogP contribution in [0.1, 0.15) is 5.69 Å². The lowest BCUT2D eigenvalue weighted by Crippen LogP contribution is -2.25. The van der Waals surface area contributed by atoms with Crippen molar-refractivity contribution in [3.05, 3.63) is 40.2 Å². The highest BCUT2D eigenvalue weighted by molar-refractivity contribution is 5.81. The molecule has 0 saturated carbocycles. The largest absolute Gasteiger partial charge is 0.288 e. The van der Waals surface area contributed by atoms with Gasteiger partial charge in [0.05, 0.1) is 12.2 Å². The minimum Gasteiger partial charge on any atom is -0.288 e. The van der Waals surface area contributed by atoms with Crippen LogP contribution in [0.15, 0.2) is 29.1 Å². The fraction of sp³-hybridized carbons (Fsp3) is 0.273. The molecule has 2 aromatic rings. The van der Waals surface area contributed by atoms with Crippen LogP contribution < -0.4 is 11.3 Å². The molecule has 5 nitrogen and oxygen atoms in total. The smallest absolute Gasteiger partial charge is 0.204 e. The summed E-state index contributed by atoms with van der Waals surface area (Å²) in [5, 5.41) is 6.71. The van der Waals surface area contributed by atoms with Crippen LogP contribution in [0, 0.1) is 0 Å². The second kappa shape index (κ2) is 4.03. The third-order valence-corrected chi connectivity index (χ3v) is 2.41. The van der Waals surface area contributed by atoms with E-state index >= 15 is 0 Å². The lowest BCUT2D eigenvalue weighted by molar-refractivity contribution is 0.337. The van der Waals surface area contributed by atoms with Gasteiger partial charge in [-0.05, 0) is 6.07 Å². The van der Waals surface area contributed by atoms with E-state index in [1.807, 2.05) is 12.1 Å². The first-order valence-corrected chi connectivity index (χ1v) is 5.00. The van der Waals surface area contributed by atoms with Crippen molar-refractivity contribution in [1.82, 2.24) is 14.8 Å². The number of hydrogen-bond acceptors (Lipinski definition) is 4. The van der Waals surface area contributed by atoms with E-state index in [-0.39, 0.29) is 5.43 Å². The number of nitrogens with two attached hydrogens (primary N) is 1. The summed E-state index contributed by atoms with van der Waals surface area (Å²) in [5.74, 6) is 5.60. The van der Waals surface area contributed by atoms with E-state index in [0.29, 0.717) is 12.1 Å². The third-order valence-electron chi connectivity index (χ3n) is 2.41. The molecule has 0 bridgehead atoms. The molecule has 0 radical (unpaired) electrons. The zero-order chi connectivity index (χ0) is 11.7. The van der Waals surface area contributed by atoms with E-state index in [9.17, 15) is 4.79 Å². The summed E-state index contributed by atoms with van der Waals surface area (Å²) in [6, 6.07) is 7.01. The second-order valence-electron chi connectivity index (χ2n) is 3.83. The summed E-state index contributed by atoms with van der Waals surface area (Å²) >= 11 is 0. The van der Waals surface area contributed by atoms with Gasteiger partial charge in [-0.3, -0.25) is 15.3 Å². The van der Waals surface area contributed by atoms with Crippen molar-refractivity contribution in [2.24, 2.45) is 12.9 Å². The Bertz CT molecular complexity index is 574. The van der Waals surface area contributed by atoms with Crippen LogP contribution in [0.3, 0.4) is 0 Å². The molecule has 1 heterocycles. The summed E-state index contributed by atoms with van der Waals surface area (Å²) in [4.78, 5) is 11.8. The number of hydrogen-bond donors (Lipinski definition) is 1. The molecule has 0 aliphatic heterocycles. The lowest BCUT2D eigenvalue weighted by Gasteiger charge is -2.05. The molecule has 16 heavy (non-hydrogen) atoms. The normalized spacial score (nSPS) is 11.2. The summed E-state index contributed by atoms with van der Waals surface area (Å²) in [7, 11) is 3.53. The monoisotopic (exact) mass is 218 g/mol. The van der Waals surface area contributed by atoms with E-state index in [0.717, 1.165) is 11.1 Å². The van der Waals surface area contributed by atoms with E-state index < -0.39 is 0 Å². The molecular formula is C11H14N4O. The van der Waals surface area contributed by atoms with Crippen LogP contribution in [0.5, 0.6) is 0 Å². The van der Waals surface area contributed by atoms with Gasteiger partial charge in [0.1, 0.15) is 5.52 Å². The van der Waals surface area contributed by atoms with Gasteiger partial charge >= 0.3 is 0 Å². The summed E-state index contributed by atoms with van der Waals surface area (Å²) in [6.45, 7) is 0.515. The molecule has 84 valence electrons. The Balaban J connectivity index is 2.76. The van der Waals surface area contributed by atoms with Gasteiger partial charge in [-0.25, -0.2) is 5.01 Å². The predicted octanol–water partition coefficient (Wildman–Crippen LogP) is 0.239. The van der Waals surface area contributed by atoms with Gasteiger partial charge < -0.3 is 0 Å². The topological polar surface area (TPSA) is 64.2 Å². The van der Waals surface area contributed by atoms with Crippen LogP contribution in [0.4, 0.5) is 0 Å². The molecule has 2 N–H and O–H groups in total. The van der Waals surface area contributed by atoms with Crippen molar-refractivity contribution in [3.8, 4) is 0 Å². The standard InChI is InChI=1S/C11H14N4O/c1-14(12)7-9-8-5-3-4-6-10(16)11(8)15(2)13-9/h3-6H,7,12H2,1-2H3. The van der Waals surface area contributed by atoms with Crippen molar-refractivity contribution in [1.29, 1.82) is 0 Å². The molecule has 2 rings (SSSR count). The summed E-state index contributed by atoms with van der Waals surface area (Å²) < 4.78 is 1.61. The average molecular weight is 218 g/mol. The number of hydrazine groups is 1. The molecule has 0 amide bonds. The Labute approximate surface area is 93.1 Å². The molecule has 0 aliphatic carbocycles. The van der Waals surface area contributed by atoms with E-state index in [1.165, 1.54) is 0 Å². The van der Waals surface area contributed by atoms with Crippen LogP contribution in [-0.2, 0) is 13.6 Å². The molecule has 0 atom stereocenters. The molecule has 0 fully saturated rings. The van der Waals surface area contributed by atoms with Crippen molar-refractivity contribution < 1.29 is 0 Å². The second-order valence-corrected chi connectivity index (χ2v) is 3.83. The maximum Gasteiger partial charge on any atom is 0.204 e. The van der Waals surface area contributed by atoms with Gasteiger partial charge in [0.2, 0.25) is 5.43 Å². The molecule has 1 aromatic heterocycles. The molecule has 1 aromatic carbocycles. The minimum absolute atomic E-state index is 0.0269. The predicted molar refractivity (Wildman–Crippen MR) is 62.6 cm³/mol. The molecule has 0 spiro atoms. The summed E-state index contributed by atoms with van der Waals surface area (Å²) in [5.41, 5.74) is 1.40. The van der Waals surface area contributed by atoms with Crippen molar-refractivity contribution >= 4 is 10.9 Å². The number of fused-ring (bicyclic) bond motifs is 1. The Kier molecular flexibility index (Phi) is 2.72. The number of rotatable bonds is 2. The van der Waals surface area contributed by atoms with E-state index in [4.69, 9.17) is 5.84 Å². The Morgan fingerprint density at radius 3 is 2.81 bits per heavy atom. The Hall–Kier alpha value is -1.72. The number of aromatic nitrogens is 2. The molecule has 5 heteroatoms. The van der Waals surface area contributed by atoms with Crippen molar-refractivity contribution in [2.45, 2.75) is 6.54 Å². The highest BCUT2D eigenvalue weighted by Gasteiger charge is 2.10. The van der Waals surface area contributed by atoms with Gasteiger partial charge in [0.25, 0.3) is 0 Å². The Morgan fingerprint density at radius 2 is 2.12 bits per heavy atom. The lowest BCUT2D eigenvalue weighted by atomic mass is 10.2. The fourth-order valence-electron chi connectivity index (χ4n) is 1.79. The fourth-order valence-corrected chi connectivity index (χ4v) is 1.79. The van der Waals surface area contributed by atoms with E-state index in [2.05, 4.69) is 5.10 Å². The SMILES string of the molecule is CN(N)Cc1nn(C)c2c(=O)ccccc12. The van der Waals surface area contributed by atoms with Crippen LogP contribution in [0.25, 0.3) is 10.9 Å². The maximum atomic E-state index is 11.8. The van der Waals surface area contributed by atoms with Gasteiger partial charge in [-0.2, -0.15) is 5.10 Å². The molecular weight excluding hydrogens is 204 g/mol. The highest BCUT2D eigenvalue weighted by atomic mass is 16.1. The zero-order valence-corrected chi connectivity index (χ0v) is 9.34. The number of nitrogens with zero attached hydrogens (tertiary/aromatic N) is 3. The quantitative estimate of drug-likeness (QED) is 0.579. The average Bonchev–Trinajstić information content (AvgIpc) is 2.39. The van der Waals surface area contributed by atoms with E-state index in [1.54, 1.807) is 35.9 Å². The van der Waals surface area contributed by atoms with Crippen molar-refractivity contribution in [2.75, 3.05) is 7.05 Å². The zero-order valence-electron chi connectivity index (χ0n) is 9.34. The van der Waals surface area contributed by atoms with Crippen LogP contribution >= 0.6 is 0 Å². The van der Waals surface area contributed by atoms with Gasteiger partial charge in [0.15, 0.2) is 0 Å². The molecule has 0 unspecified atom stereocenters. The maximum absolute atomic E-state index is 11.8. The van der Waals surface area contributed by atoms with Gasteiger partial charge in [0, 0.05) is 19.5 Å². The van der Waals surface area contributed by atoms with Crippen molar-refractivity contribution in [3.63, 3.8) is 0 Å². The first-order valence-electron chi connectivity index (χ1n) is 5.00. The van der Waals surface area contributed by atoms with Crippen LogP contribution in [0.2, 0.25) is 0 Å².